The molecule has 5 nitrogen and oxygen atoms in total. The lowest BCUT2D eigenvalue weighted by molar-refractivity contribution is 0.401. The highest BCUT2D eigenvalue weighted by molar-refractivity contribution is 7.89. The average Bonchev–Trinajstić information content (AvgIpc) is 2.69. The lowest BCUT2D eigenvalue weighted by Crippen LogP contribution is -2.31. The molecule has 6 heteroatoms. The molecule has 0 bridgehead atoms. The number of sulfonamides is 1. The SMILES string of the molecule is CC(C)Nc1ccncc1S(=O)(=O)N(Cc1ccccc1)Cc1ccccc1. The van der Waals surface area contributed by atoms with Gasteiger partial charge >= 0.3 is 0 Å². The Morgan fingerprint density at radius 3 is 1.93 bits per heavy atom. The minimum atomic E-state index is -3.77. The summed E-state index contributed by atoms with van der Waals surface area (Å²) in [6.45, 7) is 4.52. The first-order valence-corrected chi connectivity index (χ1v) is 10.7. The van der Waals surface area contributed by atoms with E-state index >= 15 is 0 Å². The van der Waals surface area contributed by atoms with Gasteiger partial charge in [-0.05, 0) is 31.0 Å². The van der Waals surface area contributed by atoms with Crippen LogP contribution in [-0.4, -0.2) is 23.7 Å². The van der Waals surface area contributed by atoms with Crippen LogP contribution in [0.4, 0.5) is 5.69 Å². The smallest absolute Gasteiger partial charge is 0.247 e. The third-order valence-electron chi connectivity index (χ3n) is 4.25. The summed E-state index contributed by atoms with van der Waals surface area (Å²) in [4.78, 5) is 4.26. The maximum absolute atomic E-state index is 13.6. The molecule has 1 heterocycles. The molecule has 1 N–H and O–H groups in total. The second kappa shape index (κ2) is 8.99. The van der Waals surface area contributed by atoms with Crippen LogP contribution in [-0.2, 0) is 23.1 Å². The Labute approximate surface area is 167 Å². The zero-order valence-electron chi connectivity index (χ0n) is 16.1. The topological polar surface area (TPSA) is 62.3 Å². The summed E-state index contributed by atoms with van der Waals surface area (Å²) >= 11 is 0. The van der Waals surface area contributed by atoms with Crippen molar-refractivity contribution in [3.05, 3.63) is 90.3 Å². The van der Waals surface area contributed by atoms with Gasteiger partial charge in [0, 0.05) is 31.5 Å². The third kappa shape index (κ3) is 4.97. The molecule has 2 aromatic carbocycles. The van der Waals surface area contributed by atoms with Crippen LogP contribution in [0.25, 0.3) is 0 Å². The Hall–Kier alpha value is -2.70. The van der Waals surface area contributed by atoms with Crippen molar-refractivity contribution in [1.29, 1.82) is 0 Å². The van der Waals surface area contributed by atoms with E-state index in [4.69, 9.17) is 0 Å². The number of nitrogens with zero attached hydrogens (tertiary/aromatic N) is 2. The van der Waals surface area contributed by atoms with E-state index in [0.717, 1.165) is 11.1 Å². The Kier molecular flexibility index (Phi) is 6.44. The molecule has 0 spiro atoms. The summed E-state index contributed by atoms with van der Waals surface area (Å²) in [5.74, 6) is 0. The van der Waals surface area contributed by atoms with E-state index in [9.17, 15) is 8.42 Å². The fraction of sp³-hybridized carbons (Fsp3) is 0.227. The van der Waals surface area contributed by atoms with Crippen molar-refractivity contribution >= 4 is 15.7 Å². The first-order chi connectivity index (χ1) is 13.5. The average molecular weight is 396 g/mol. The van der Waals surface area contributed by atoms with E-state index in [-0.39, 0.29) is 24.0 Å². The lowest BCUT2D eigenvalue weighted by atomic mass is 10.2. The molecule has 0 fully saturated rings. The van der Waals surface area contributed by atoms with Gasteiger partial charge in [-0.25, -0.2) is 8.42 Å². The van der Waals surface area contributed by atoms with Crippen LogP contribution in [0.3, 0.4) is 0 Å². The van der Waals surface area contributed by atoms with Gasteiger partial charge in [-0.1, -0.05) is 60.7 Å². The number of hydrogen-bond donors (Lipinski definition) is 1. The van der Waals surface area contributed by atoms with E-state index in [2.05, 4.69) is 10.3 Å². The molecule has 0 aliphatic heterocycles. The molecule has 0 amide bonds. The molecule has 0 radical (unpaired) electrons. The van der Waals surface area contributed by atoms with Crippen molar-refractivity contribution in [2.24, 2.45) is 0 Å². The van der Waals surface area contributed by atoms with Crippen molar-refractivity contribution < 1.29 is 8.42 Å². The number of aromatic nitrogens is 1. The Morgan fingerprint density at radius 2 is 1.43 bits per heavy atom. The number of hydrogen-bond acceptors (Lipinski definition) is 4. The molecule has 3 aromatic rings. The van der Waals surface area contributed by atoms with E-state index < -0.39 is 10.0 Å². The highest BCUT2D eigenvalue weighted by Crippen LogP contribution is 2.27. The fourth-order valence-corrected chi connectivity index (χ4v) is 4.47. The molecule has 0 atom stereocenters. The molecule has 0 saturated carbocycles. The Bertz CT molecular complexity index is 949. The second-order valence-electron chi connectivity index (χ2n) is 6.92. The highest BCUT2D eigenvalue weighted by atomic mass is 32.2. The number of benzene rings is 2. The van der Waals surface area contributed by atoms with Crippen LogP contribution in [0, 0.1) is 0 Å². The van der Waals surface area contributed by atoms with Gasteiger partial charge in [0.25, 0.3) is 0 Å². The molecule has 0 aliphatic rings. The van der Waals surface area contributed by atoms with Gasteiger partial charge in [-0.15, -0.1) is 0 Å². The second-order valence-corrected chi connectivity index (χ2v) is 8.82. The van der Waals surface area contributed by atoms with E-state index in [0.29, 0.717) is 5.69 Å². The first-order valence-electron chi connectivity index (χ1n) is 9.25. The summed E-state index contributed by atoms with van der Waals surface area (Å²) in [6.07, 6.45) is 3.02. The summed E-state index contributed by atoms with van der Waals surface area (Å²) in [5.41, 5.74) is 2.43. The third-order valence-corrected chi connectivity index (χ3v) is 6.07. The summed E-state index contributed by atoms with van der Waals surface area (Å²) < 4.78 is 28.7. The molecule has 1 aromatic heterocycles. The largest absolute Gasteiger partial charge is 0.382 e. The number of anilines is 1. The van der Waals surface area contributed by atoms with Gasteiger partial charge < -0.3 is 5.32 Å². The van der Waals surface area contributed by atoms with Gasteiger partial charge in [-0.2, -0.15) is 4.31 Å². The van der Waals surface area contributed by atoms with Crippen molar-refractivity contribution in [1.82, 2.24) is 9.29 Å². The van der Waals surface area contributed by atoms with Gasteiger partial charge in [0.15, 0.2) is 0 Å². The van der Waals surface area contributed by atoms with Crippen molar-refractivity contribution in [2.75, 3.05) is 5.32 Å². The van der Waals surface area contributed by atoms with Crippen LogP contribution in [0.1, 0.15) is 25.0 Å². The molecule has 0 saturated heterocycles. The van der Waals surface area contributed by atoms with E-state index in [1.807, 2.05) is 74.5 Å². The molecule has 0 unspecified atom stereocenters. The maximum atomic E-state index is 13.6. The normalized spacial score (nSPS) is 11.7. The van der Waals surface area contributed by atoms with Crippen molar-refractivity contribution in [3.8, 4) is 0 Å². The van der Waals surface area contributed by atoms with Crippen LogP contribution in [0.5, 0.6) is 0 Å². The lowest BCUT2D eigenvalue weighted by Gasteiger charge is -2.24. The summed E-state index contributed by atoms with van der Waals surface area (Å²) in [6, 6.07) is 21.1. The standard InChI is InChI=1S/C22H25N3O2S/c1-18(2)24-21-13-14-23-15-22(21)28(26,27)25(16-19-9-5-3-6-10-19)17-20-11-7-4-8-12-20/h3-15,18H,16-17H2,1-2H3,(H,23,24). The van der Waals surface area contributed by atoms with Gasteiger partial charge in [0.1, 0.15) is 4.90 Å². The van der Waals surface area contributed by atoms with Crippen molar-refractivity contribution in [2.45, 2.75) is 37.9 Å². The van der Waals surface area contributed by atoms with Gasteiger partial charge in [0.05, 0.1) is 5.69 Å². The number of rotatable bonds is 8. The van der Waals surface area contributed by atoms with Crippen LogP contribution in [0.2, 0.25) is 0 Å². The monoisotopic (exact) mass is 395 g/mol. The summed E-state index contributed by atoms with van der Waals surface area (Å²) in [5, 5.41) is 3.22. The van der Waals surface area contributed by atoms with Gasteiger partial charge in [-0.3, -0.25) is 4.98 Å². The van der Waals surface area contributed by atoms with Crippen molar-refractivity contribution in [3.63, 3.8) is 0 Å². The molecular weight excluding hydrogens is 370 g/mol. The van der Waals surface area contributed by atoms with E-state index in [1.165, 1.54) is 10.5 Å². The predicted molar refractivity (Wildman–Crippen MR) is 112 cm³/mol. The van der Waals surface area contributed by atoms with Crippen LogP contribution < -0.4 is 5.32 Å². The van der Waals surface area contributed by atoms with Crippen LogP contribution >= 0.6 is 0 Å². The van der Waals surface area contributed by atoms with Crippen LogP contribution in [0.15, 0.2) is 84.0 Å². The maximum Gasteiger partial charge on any atom is 0.247 e. The predicted octanol–water partition coefficient (Wildman–Crippen LogP) is 4.29. The molecular formula is C22H25N3O2S. The zero-order chi connectivity index (χ0) is 20.0. The van der Waals surface area contributed by atoms with Gasteiger partial charge in [0.2, 0.25) is 10.0 Å². The number of pyridine rings is 1. The minimum absolute atomic E-state index is 0.105. The quantitative estimate of drug-likeness (QED) is 0.618. The highest BCUT2D eigenvalue weighted by Gasteiger charge is 2.28. The Balaban J connectivity index is 2.01. The zero-order valence-corrected chi connectivity index (χ0v) is 16.9. The number of nitrogens with one attached hydrogen (secondary N) is 1. The molecule has 28 heavy (non-hydrogen) atoms. The first kappa shape index (κ1) is 20.0. The Morgan fingerprint density at radius 1 is 0.893 bits per heavy atom. The minimum Gasteiger partial charge on any atom is -0.382 e. The summed E-state index contributed by atoms with van der Waals surface area (Å²) in [7, 11) is -3.77. The molecule has 0 aliphatic carbocycles. The molecule has 146 valence electrons. The molecule has 3 rings (SSSR count). The fourth-order valence-electron chi connectivity index (χ4n) is 2.95. The van der Waals surface area contributed by atoms with E-state index in [1.54, 1.807) is 12.3 Å².